The molecule has 0 saturated carbocycles. The van der Waals surface area contributed by atoms with E-state index in [0.29, 0.717) is 6.61 Å². The Balaban J connectivity index is 2.47. The third-order valence-electron chi connectivity index (χ3n) is 1.14. The minimum Gasteiger partial charge on any atom is -0.347 e. The van der Waals surface area contributed by atoms with Crippen LogP contribution in [-0.2, 0) is 14.3 Å². The number of hydrogen-bond acceptors (Lipinski definition) is 3. The molecule has 1 atom stereocenters. The van der Waals surface area contributed by atoms with Gasteiger partial charge in [-0.2, -0.15) is 0 Å². The van der Waals surface area contributed by atoms with E-state index < -0.39 is 11.9 Å². The number of carbonyl (C=O) groups excluding carboxylic acids is 1. The van der Waals surface area contributed by atoms with E-state index in [1.165, 1.54) is 0 Å². The maximum atomic E-state index is 9.96. The molecule has 1 unspecified atom stereocenters. The van der Waals surface area contributed by atoms with Crippen molar-refractivity contribution in [1.82, 2.24) is 0 Å². The Morgan fingerprint density at radius 3 is 2.56 bits per heavy atom. The Morgan fingerprint density at radius 1 is 1.67 bits per heavy atom. The van der Waals surface area contributed by atoms with Gasteiger partial charge in [0.25, 0.3) is 0 Å². The zero-order valence-electron chi connectivity index (χ0n) is 5.51. The van der Waals surface area contributed by atoms with Gasteiger partial charge >= 0.3 is 0 Å². The molecule has 1 saturated heterocycles. The van der Waals surface area contributed by atoms with E-state index in [0.717, 1.165) is 0 Å². The highest BCUT2D eigenvalue weighted by Gasteiger charge is 2.32. The minimum absolute atomic E-state index is 0.330. The van der Waals surface area contributed by atoms with E-state index in [4.69, 9.17) is 9.47 Å². The second-order valence-corrected chi connectivity index (χ2v) is 2.44. The van der Waals surface area contributed by atoms with Crippen molar-refractivity contribution < 1.29 is 14.3 Å². The Kier molecular flexibility index (Phi) is 1.55. The van der Waals surface area contributed by atoms with Crippen LogP contribution in [0.4, 0.5) is 0 Å². The van der Waals surface area contributed by atoms with E-state index in [2.05, 4.69) is 0 Å². The molecule has 1 rings (SSSR count). The summed E-state index contributed by atoms with van der Waals surface area (Å²) in [5.74, 6) is -0.595. The third-order valence-corrected chi connectivity index (χ3v) is 1.14. The summed E-state index contributed by atoms with van der Waals surface area (Å²) < 4.78 is 10.1. The summed E-state index contributed by atoms with van der Waals surface area (Å²) in [5, 5.41) is 0. The molecule has 1 radical (unpaired) electrons. The van der Waals surface area contributed by atoms with Gasteiger partial charge in [-0.25, -0.2) is 0 Å². The molecule has 0 aromatic carbocycles. The summed E-state index contributed by atoms with van der Waals surface area (Å²) in [6, 6.07) is 0. The molecular formula is C6H9O3. The quantitative estimate of drug-likeness (QED) is 0.509. The van der Waals surface area contributed by atoms with Crippen LogP contribution in [-0.4, -0.2) is 24.8 Å². The van der Waals surface area contributed by atoms with Crippen LogP contribution in [0.25, 0.3) is 0 Å². The number of hydrogen-bond donors (Lipinski definition) is 0. The van der Waals surface area contributed by atoms with Crippen molar-refractivity contribution >= 4 is 6.29 Å². The molecule has 0 amide bonds. The second kappa shape index (κ2) is 2.08. The van der Waals surface area contributed by atoms with E-state index in [-0.39, 0.29) is 0 Å². The molecule has 9 heavy (non-hydrogen) atoms. The fraction of sp³-hybridized carbons (Fsp3) is 0.833. The standard InChI is InChI=1S/C6H9O3/c1-6(2)8-4-5(3-7)9-6/h5H,4H2,1-2H3. The predicted molar refractivity (Wildman–Crippen MR) is 30.6 cm³/mol. The van der Waals surface area contributed by atoms with Gasteiger partial charge < -0.3 is 9.47 Å². The summed E-state index contributed by atoms with van der Waals surface area (Å²) in [6.07, 6.45) is 1.24. The number of ether oxygens (including phenoxy) is 2. The van der Waals surface area contributed by atoms with Crippen LogP contribution in [0.2, 0.25) is 0 Å². The largest absolute Gasteiger partial charge is 0.347 e. The fourth-order valence-corrected chi connectivity index (χ4v) is 0.745. The van der Waals surface area contributed by atoms with Crippen molar-refractivity contribution in [2.45, 2.75) is 25.7 Å². The van der Waals surface area contributed by atoms with Crippen LogP contribution in [0.3, 0.4) is 0 Å². The Morgan fingerprint density at radius 2 is 2.33 bits per heavy atom. The maximum Gasteiger partial charge on any atom is 0.232 e. The van der Waals surface area contributed by atoms with Crippen molar-refractivity contribution in [3.8, 4) is 0 Å². The van der Waals surface area contributed by atoms with Crippen LogP contribution in [0.1, 0.15) is 13.8 Å². The van der Waals surface area contributed by atoms with Crippen molar-refractivity contribution in [1.29, 1.82) is 0 Å². The van der Waals surface area contributed by atoms with E-state index in [9.17, 15) is 4.79 Å². The molecule has 1 aliphatic heterocycles. The summed E-state index contributed by atoms with van der Waals surface area (Å²) in [6.45, 7) is 3.87. The summed E-state index contributed by atoms with van der Waals surface area (Å²) in [4.78, 5) is 9.96. The Hall–Kier alpha value is -0.410. The molecule has 0 spiro atoms. The summed E-state index contributed by atoms with van der Waals surface area (Å²) in [5.41, 5.74) is 0. The molecule has 0 N–H and O–H groups in total. The first-order valence-electron chi connectivity index (χ1n) is 2.83. The summed E-state index contributed by atoms with van der Waals surface area (Å²) >= 11 is 0. The monoisotopic (exact) mass is 129 g/mol. The predicted octanol–water partition coefficient (Wildman–Crippen LogP) is 0.248. The number of rotatable bonds is 1. The molecule has 0 aliphatic carbocycles. The zero-order chi connectivity index (χ0) is 6.91. The van der Waals surface area contributed by atoms with Gasteiger partial charge in [-0.05, 0) is 13.8 Å². The van der Waals surface area contributed by atoms with Crippen LogP contribution in [0.5, 0.6) is 0 Å². The van der Waals surface area contributed by atoms with Crippen LogP contribution < -0.4 is 0 Å². The van der Waals surface area contributed by atoms with Crippen molar-refractivity contribution in [2.24, 2.45) is 0 Å². The lowest BCUT2D eigenvalue weighted by molar-refractivity contribution is -0.131. The Labute approximate surface area is 53.9 Å². The Bertz CT molecular complexity index is 119. The highest BCUT2D eigenvalue weighted by atomic mass is 16.7. The fourth-order valence-electron chi connectivity index (χ4n) is 0.745. The molecule has 0 aromatic heterocycles. The van der Waals surface area contributed by atoms with Gasteiger partial charge in [0.05, 0.1) is 6.61 Å². The van der Waals surface area contributed by atoms with Gasteiger partial charge in [0.15, 0.2) is 11.9 Å². The third kappa shape index (κ3) is 1.50. The van der Waals surface area contributed by atoms with Gasteiger partial charge in [-0.15, -0.1) is 0 Å². The lowest BCUT2D eigenvalue weighted by atomic mass is 10.4. The molecule has 0 bridgehead atoms. The van der Waals surface area contributed by atoms with Crippen molar-refractivity contribution in [3.63, 3.8) is 0 Å². The average Bonchev–Trinajstić information content (AvgIpc) is 2.10. The van der Waals surface area contributed by atoms with E-state index in [1.807, 2.05) is 0 Å². The molecule has 51 valence electrons. The molecular weight excluding hydrogens is 120 g/mol. The zero-order valence-corrected chi connectivity index (χ0v) is 5.51. The van der Waals surface area contributed by atoms with Crippen molar-refractivity contribution in [2.75, 3.05) is 6.61 Å². The molecule has 1 heterocycles. The molecule has 3 heteroatoms. The first-order chi connectivity index (χ1) is 4.14. The first kappa shape index (κ1) is 6.71. The smallest absolute Gasteiger partial charge is 0.232 e. The van der Waals surface area contributed by atoms with Crippen LogP contribution in [0.15, 0.2) is 0 Å². The van der Waals surface area contributed by atoms with Crippen LogP contribution in [0, 0.1) is 0 Å². The van der Waals surface area contributed by atoms with E-state index in [1.54, 1.807) is 20.1 Å². The SMILES string of the molecule is CC1(C)OCC([C]=O)O1. The van der Waals surface area contributed by atoms with Crippen LogP contribution >= 0.6 is 0 Å². The molecule has 3 nitrogen and oxygen atoms in total. The lowest BCUT2D eigenvalue weighted by Crippen LogP contribution is -2.21. The average molecular weight is 129 g/mol. The van der Waals surface area contributed by atoms with Gasteiger partial charge in [0, 0.05) is 0 Å². The van der Waals surface area contributed by atoms with Gasteiger partial charge in [0.2, 0.25) is 6.29 Å². The molecule has 1 aliphatic rings. The topological polar surface area (TPSA) is 35.5 Å². The highest BCUT2D eigenvalue weighted by Crippen LogP contribution is 2.20. The van der Waals surface area contributed by atoms with Crippen molar-refractivity contribution in [3.05, 3.63) is 0 Å². The van der Waals surface area contributed by atoms with Gasteiger partial charge in [0.1, 0.15) is 0 Å². The highest BCUT2D eigenvalue weighted by molar-refractivity contribution is 5.57. The first-order valence-corrected chi connectivity index (χ1v) is 2.83. The lowest BCUT2D eigenvalue weighted by Gasteiger charge is -2.14. The van der Waals surface area contributed by atoms with Gasteiger partial charge in [-0.3, -0.25) is 4.79 Å². The maximum absolute atomic E-state index is 9.96. The summed E-state index contributed by atoms with van der Waals surface area (Å²) in [7, 11) is 0. The molecule has 1 fully saturated rings. The van der Waals surface area contributed by atoms with Gasteiger partial charge in [-0.1, -0.05) is 0 Å². The minimum atomic E-state index is -0.595. The normalized spacial score (nSPS) is 32.4. The van der Waals surface area contributed by atoms with E-state index >= 15 is 0 Å². The molecule has 0 aromatic rings. The second-order valence-electron chi connectivity index (χ2n) is 2.44.